The molecule has 4 heteroatoms. The number of nitrogens with zero attached hydrogens (tertiary/aromatic N) is 1. The van der Waals surface area contributed by atoms with Gasteiger partial charge < -0.3 is 5.11 Å². The molecule has 4 rings (SSSR count). The summed E-state index contributed by atoms with van der Waals surface area (Å²) in [6.45, 7) is 1.73. The lowest BCUT2D eigenvalue weighted by Gasteiger charge is -2.13. The Morgan fingerprint density at radius 1 is 0.955 bits per heavy atom. The lowest BCUT2D eigenvalue weighted by molar-refractivity contribution is -0.383. The Labute approximate surface area is 126 Å². The number of hydrogen-bond donors (Lipinski definition) is 1. The van der Waals surface area contributed by atoms with Crippen molar-refractivity contribution in [3.05, 3.63) is 64.2 Å². The fraction of sp³-hybridized carbons (Fsp3) is 0.111. The van der Waals surface area contributed by atoms with Crippen molar-refractivity contribution in [3.63, 3.8) is 0 Å². The minimum atomic E-state index is -0.545. The van der Waals surface area contributed by atoms with Crippen LogP contribution in [-0.2, 0) is 0 Å². The maximum atomic E-state index is 11.3. The van der Waals surface area contributed by atoms with E-state index >= 15 is 0 Å². The lowest BCUT2D eigenvalue weighted by atomic mass is 9.91. The van der Waals surface area contributed by atoms with E-state index in [1.165, 1.54) is 0 Å². The number of aliphatic hydroxyl groups excluding tert-OH is 1. The van der Waals surface area contributed by atoms with Crippen LogP contribution in [0.4, 0.5) is 5.69 Å². The molecule has 1 atom stereocenters. The summed E-state index contributed by atoms with van der Waals surface area (Å²) in [6, 6.07) is 14.9. The van der Waals surface area contributed by atoms with Gasteiger partial charge in [-0.15, -0.1) is 0 Å². The highest BCUT2D eigenvalue weighted by atomic mass is 16.6. The molecule has 0 aliphatic rings. The quantitative estimate of drug-likeness (QED) is 0.335. The van der Waals surface area contributed by atoms with E-state index in [-0.39, 0.29) is 10.6 Å². The number of non-ortho nitro benzene ring substituents is 1. The lowest BCUT2D eigenvalue weighted by Crippen LogP contribution is -1.94. The summed E-state index contributed by atoms with van der Waals surface area (Å²) in [5.41, 5.74) is 0.974. The van der Waals surface area contributed by atoms with Gasteiger partial charge in [0.2, 0.25) is 0 Å². The Bertz CT molecular complexity index is 1020. The van der Waals surface area contributed by atoms with Gasteiger partial charge in [-0.2, -0.15) is 0 Å². The highest BCUT2D eigenvalue weighted by Gasteiger charge is 2.17. The molecule has 0 spiro atoms. The van der Waals surface area contributed by atoms with E-state index in [1.807, 2.05) is 30.3 Å². The Morgan fingerprint density at radius 3 is 2.18 bits per heavy atom. The van der Waals surface area contributed by atoms with Crippen molar-refractivity contribution >= 4 is 38.0 Å². The largest absolute Gasteiger partial charge is 0.389 e. The Kier molecular flexibility index (Phi) is 2.59. The second-order valence-corrected chi connectivity index (χ2v) is 5.64. The summed E-state index contributed by atoms with van der Waals surface area (Å²) in [5, 5.41) is 26.7. The van der Waals surface area contributed by atoms with Gasteiger partial charge in [-0.1, -0.05) is 18.2 Å². The molecule has 1 N–H and O–H groups in total. The third kappa shape index (κ3) is 1.68. The van der Waals surface area contributed by atoms with Gasteiger partial charge >= 0.3 is 0 Å². The van der Waals surface area contributed by atoms with E-state index in [0.29, 0.717) is 5.39 Å². The first-order chi connectivity index (χ1) is 10.6. The smallest absolute Gasteiger partial charge is 0.277 e. The molecule has 0 aliphatic heterocycles. The first kappa shape index (κ1) is 13.0. The number of benzene rings is 4. The molecule has 0 bridgehead atoms. The Morgan fingerprint density at radius 2 is 1.55 bits per heavy atom. The molecule has 0 saturated heterocycles. The third-order valence-corrected chi connectivity index (χ3v) is 4.28. The van der Waals surface area contributed by atoms with E-state index in [2.05, 4.69) is 0 Å². The molecule has 0 aromatic heterocycles. The van der Waals surface area contributed by atoms with Gasteiger partial charge in [0.25, 0.3) is 5.69 Å². The summed E-state index contributed by atoms with van der Waals surface area (Å²) in [5.74, 6) is 0. The number of nitro groups is 1. The first-order valence-electron chi connectivity index (χ1n) is 7.10. The number of aliphatic hydroxyl groups is 1. The van der Waals surface area contributed by atoms with Crippen LogP contribution < -0.4 is 0 Å². The van der Waals surface area contributed by atoms with E-state index in [0.717, 1.165) is 32.5 Å². The molecule has 4 aromatic carbocycles. The van der Waals surface area contributed by atoms with Crippen molar-refractivity contribution in [2.45, 2.75) is 13.0 Å². The molecule has 0 saturated carbocycles. The average Bonchev–Trinajstić information content (AvgIpc) is 2.51. The van der Waals surface area contributed by atoms with E-state index in [1.54, 1.807) is 25.1 Å². The Balaban J connectivity index is 2.24. The fourth-order valence-electron chi connectivity index (χ4n) is 3.23. The van der Waals surface area contributed by atoms with Crippen LogP contribution in [0.25, 0.3) is 32.3 Å². The summed E-state index contributed by atoms with van der Waals surface area (Å²) >= 11 is 0. The van der Waals surface area contributed by atoms with Crippen molar-refractivity contribution in [1.82, 2.24) is 0 Å². The van der Waals surface area contributed by atoms with Gasteiger partial charge in [0, 0.05) is 11.5 Å². The molecule has 22 heavy (non-hydrogen) atoms. The maximum Gasteiger partial charge on any atom is 0.277 e. The summed E-state index contributed by atoms with van der Waals surface area (Å²) in [4.78, 5) is 10.9. The zero-order chi connectivity index (χ0) is 15.4. The molecule has 0 heterocycles. The fourth-order valence-corrected chi connectivity index (χ4v) is 3.23. The maximum absolute atomic E-state index is 11.3. The molecule has 0 radical (unpaired) electrons. The SMILES string of the molecule is CC(O)c1cc2ccc3ccc([N+](=O)[O-])c4ccc(c1)c2c34. The molecular weight excluding hydrogens is 278 g/mol. The summed E-state index contributed by atoms with van der Waals surface area (Å²) < 4.78 is 0. The van der Waals surface area contributed by atoms with Crippen molar-refractivity contribution in [3.8, 4) is 0 Å². The summed E-state index contributed by atoms with van der Waals surface area (Å²) in [7, 11) is 0. The second-order valence-electron chi connectivity index (χ2n) is 5.64. The van der Waals surface area contributed by atoms with Crippen molar-refractivity contribution in [2.24, 2.45) is 0 Å². The zero-order valence-electron chi connectivity index (χ0n) is 11.9. The molecule has 0 fully saturated rings. The molecule has 0 amide bonds. The van der Waals surface area contributed by atoms with Crippen molar-refractivity contribution in [1.29, 1.82) is 0 Å². The minimum absolute atomic E-state index is 0.126. The van der Waals surface area contributed by atoms with Crippen LogP contribution in [0.2, 0.25) is 0 Å². The number of nitro benzene ring substituents is 1. The van der Waals surface area contributed by atoms with E-state index in [9.17, 15) is 15.2 Å². The highest BCUT2D eigenvalue weighted by molar-refractivity contribution is 6.24. The molecule has 0 aliphatic carbocycles. The van der Waals surface area contributed by atoms with Crippen LogP contribution in [-0.4, -0.2) is 10.0 Å². The van der Waals surface area contributed by atoms with Crippen LogP contribution in [0.5, 0.6) is 0 Å². The van der Waals surface area contributed by atoms with Crippen LogP contribution in [0.1, 0.15) is 18.6 Å². The van der Waals surface area contributed by atoms with Crippen LogP contribution >= 0.6 is 0 Å². The zero-order valence-corrected chi connectivity index (χ0v) is 11.9. The predicted molar refractivity (Wildman–Crippen MR) is 87.4 cm³/mol. The van der Waals surface area contributed by atoms with E-state index < -0.39 is 6.10 Å². The van der Waals surface area contributed by atoms with Crippen molar-refractivity contribution < 1.29 is 10.0 Å². The number of rotatable bonds is 2. The monoisotopic (exact) mass is 291 g/mol. The minimum Gasteiger partial charge on any atom is -0.389 e. The van der Waals surface area contributed by atoms with Gasteiger partial charge in [-0.25, -0.2) is 0 Å². The van der Waals surface area contributed by atoms with Crippen LogP contribution in [0, 0.1) is 10.1 Å². The highest BCUT2D eigenvalue weighted by Crippen LogP contribution is 2.39. The van der Waals surface area contributed by atoms with Gasteiger partial charge in [-0.3, -0.25) is 10.1 Å². The Hall–Kier alpha value is -2.72. The van der Waals surface area contributed by atoms with Crippen LogP contribution in [0.3, 0.4) is 0 Å². The van der Waals surface area contributed by atoms with Gasteiger partial charge in [0.05, 0.1) is 16.4 Å². The molecule has 4 nitrogen and oxygen atoms in total. The topological polar surface area (TPSA) is 63.4 Å². The van der Waals surface area contributed by atoms with Gasteiger partial charge in [0.15, 0.2) is 0 Å². The molecule has 108 valence electrons. The second kappa shape index (κ2) is 4.39. The molecule has 1 unspecified atom stereocenters. The molecule has 4 aromatic rings. The average molecular weight is 291 g/mol. The predicted octanol–water partition coefficient (Wildman–Crippen LogP) is 4.55. The van der Waals surface area contributed by atoms with Gasteiger partial charge in [0.1, 0.15) is 0 Å². The van der Waals surface area contributed by atoms with E-state index in [4.69, 9.17) is 0 Å². The normalized spacial score (nSPS) is 13.2. The van der Waals surface area contributed by atoms with Gasteiger partial charge in [-0.05, 0) is 58.3 Å². The summed E-state index contributed by atoms with van der Waals surface area (Å²) in [6.07, 6.45) is -0.545. The standard InChI is InChI=1S/C18H13NO3/c1-10(20)14-8-12-3-2-11-5-7-16(19(21)22)15-6-4-13(9-14)17(12)18(11)15/h2-10,20H,1H3. The number of hydrogen-bond acceptors (Lipinski definition) is 3. The molecular formula is C18H13NO3. The van der Waals surface area contributed by atoms with Crippen LogP contribution in [0.15, 0.2) is 48.5 Å². The van der Waals surface area contributed by atoms with Crippen molar-refractivity contribution in [2.75, 3.05) is 0 Å². The first-order valence-corrected chi connectivity index (χ1v) is 7.10. The third-order valence-electron chi connectivity index (χ3n) is 4.28.